The standard InChI is InChI=1S/C30H42N4O4/c1-7-18-38-28-19-24(10-14-27(28)37-6)26-13-15-30(36)34(32-26)20-23-8-11-25(12-9-23)31-29(35)16-17-33(21(2)3)22(4)5/h8-12,14,19,21-22H,7,13,15-18,20H2,1-6H3,(H,31,35). The molecule has 1 N–H and O–H groups in total. The highest BCUT2D eigenvalue weighted by Gasteiger charge is 2.22. The van der Waals surface area contributed by atoms with Gasteiger partial charge in [0.15, 0.2) is 11.5 Å². The van der Waals surface area contributed by atoms with E-state index in [4.69, 9.17) is 9.47 Å². The van der Waals surface area contributed by atoms with Gasteiger partial charge in [-0.2, -0.15) is 5.10 Å². The van der Waals surface area contributed by atoms with Crippen molar-refractivity contribution in [3.8, 4) is 11.5 Å². The Morgan fingerprint density at radius 2 is 1.76 bits per heavy atom. The summed E-state index contributed by atoms with van der Waals surface area (Å²) in [6.07, 6.45) is 2.31. The van der Waals surface area contributed by atoms with Gasteiger partial charge in [0.2, 0.25) is 11.8 Å². The van der Waals surface area contributed by atoms with Gasteiger partial charge in [-0.3, -0.25) is 14.5 Å². The van der Waals surface area contributed by atoms with Gasteiger partial charge in [0.25, 0.3) is 0 Å². The number of nitrogens with one attached hydrogen (secondary N) is 1. The van der Waals surface area contributed by atoms with Crippen molar-refractivity contribution in [2.75, 3.05) is 25.6 Å². The number of hydrogen-bond donors (Lipinski definition) is 1. The third-order valence-corrected chi connectivity index (χ3v) is 6.56. The lowest BCUT2D eigenvalue weighted by molar-refractivity contribution is -0.132. The lowest BCUT2D eigenvalue weighted by Crippen LogP contribution is -2.39. The molecule has 0 aromatic heterocycles. The second-order valence-electron chi connectivity index (χ2n) is 10.1. The van der Waals surface area contributed by atoms with Gasteiger partial charge in [-0.1, -0.05) is 19.1 Å². The molecule has 38 heavy (non-hydrogen) atoms. The average Bonchev–Trinajstić information content (AvgIpc) is 2.89. The van der Waals surface area contributed by atoms with E-state index in [-0.39, 0.29) is 11.8 Å². The number of hydrazone groups is 1. The molecule has 8 heteroatoms. The van der Waals surface area contributed by atoms with Crippen LogP contribution in [-0.4, -0.2) is 59.8 Å². The van der Waals surface area contributed by atoms with Crippen LogP contribution in [0.5, 0.6) is 11.5 Å². The van der Waals surface area contributed by atoms with E-state index in [1.165, 1.54) is 5.01 Å². The van der Waals surface area contributed by atoms with Crippen molar-refractivity contribution >= 4 is 23.2 Å². The van der Waals surface area contributed by atoms with Crippen LogP contribution in [0.1, 0.15) is 71.4 Å². The first-order valence-corrected chi connectivity index (χ1v) is 13.5. The highest BCUT2D eigenvalue weighted by Crippen LogP contribution is 2.30. The number of rotatable bonds is 13. The summed E-state index contributed by atoms with van der Waals surface area (Å²) in [4.78, 5) is 27.4. The zero-order chi connectivity index (χ0) is 27.7. The van der Waals surface area contributed by atoms with E-state index in [1.54, 1.807) is 7.11 Å². The Labute approximate surface area is 227 Å². The van der Waals surface area contributed by atoms with Gasteiger partial charge in [0, 0.05) is 49.1 Å². The number of carbonyl (C=O) groups excluding carboxylic acids is 2. The van der Waals surface area contributed by atoms with E-state index >= 15 is 0 Å². The van der Waals surface area contributed by atoms with E-state index in [1.807, 2.05) is 42.5 Å². The van der Waals surface area contributed by atoms with Gasteiger partial charge >= 0.3 is 0 Å². The number of benzene rings is 2. The minimum Gasteiger partial charge on any atom is -0.493 e. The molecular weight excluding hydrogens is 480 g/mol. The molecule has 8 nitrogen and oxygen atoms in total. The molecule has 0 spiro atoms. The highest BCUT2D eigenvalue weighted by atomic mass is 16.5. The first-order chi connectivity index (χ1) is 18.2. The van der Waals surface area contributed by atoms with Gasteiger partial charge in [-0.25, -0.2) is 5.01 Å². The average molecular weight is 523 g/mol. The fourth-order valence-electron chi connectivity index (χ4n) is 4.55. The van der Waals surface area contributed by atoms with Crippen LogP contribution in [0.4, 0.5) is 5.69 Å². The second-order valence-corrected chi connectivity index (χ2v) is 10.1. The predicted molar refractivity (Wildman–Crippen MR) is 152 cm³/mol. The fourth-order valence-corrected chi connectivity index (χ4v) is 4.55. The normalized spacial score (nSPS) is 13.8. The molecule has 1 heterocycles. The summed E-state index contributed by atoms with van der Waals surface area (Å²) in [6, 6.07) is 14.1. The number of carbonyl (C=O) groups is 2. The minimum absolute atomic E-state index is 0.00808. The first-order valence-electron chi connectivity index (χ1n) is 13.5. The zero-order valence-electron chi connectivity index (χ0n) is 23.6. The summed E-state index contributed by atoms with van der Waals surface area (Å²) < 4.78 is 11.3. The molecule has 0 fully saturated rings. The summed E-state index contributed by atoms with van der Waals surface area (Å²) in [6.45, 7) is 12.3. The number of methoxy groups -OCH3 is 1. The molecule has 0 aliphatic carbocycles. The van der Waals surface area contributed by atoms with Crippen molar-refractivity contribution in [3.05, 3.63) is 53.6 Å². The molecule has 206 valence electrons. The van der Waals surface area contributed by atoms with Crippen LogP contribution >= 0.6 is 0 Å². The van der Waals surface area contributed by atoms with Gasteiger partial charge in [-0.15, -0.1) is 0 Å². The number of amides is 2. The largest absolute Gasteiger partial charge is 0.493 e. The highest BCUT2D eigenvalue weighted by molar-refractivity contribution is 6.04. The van der Waals surface area contributed by atoms with Crippen molar-refractivity contribution in [3.63, 3.8) is 0 Å². The summed E-state index contributed by atoms with van der Waals surface area (Å²) >= 11 is 0. The van der Waals surface area contributed by atoms with Crippen molar-refractivity contribution in [1.29, 1.82) is 0 Å². The van der Waals surface area contributed by atoms with Crippen LogP contribution in [0.15, 0.2) is 47.6 Å². The minimum atomic E-state index is -0.0121. The lowest BCUT2D eigenvalue weighted by Gasteiger charge is -2.30. The number of nitrogens with zero attached hydrogens (tertiary/aromatic N) is 3. The third-order valence-electron chi connectivity index (χ3n) is 6.56. The molecule has 0 atom stereocenters. The Balaban J connectivity index is 1.64. The van der Waals surface area contributed by atoms with Gasteiger partial charge in [-0.05, 0) is 70.0 Å². The molecule has 0 radical (unpaired) electrons. The number of ether oxygens (including phenoxy) is 2. The number of anilines is 1. The molecule has 1 aliphatic rings. The van der Waals surface area contributed by atoms with E-state index in [0.717, 1.165) is 35.5 Å². The molecular formula is C30H42N4O4. The van der Waals surface area contributed by atoms with Crippen molar-refractivity contribution in [2.45, 2.75) is 78.9 Å². The van der Waals surface area contributed by atoms with Crippen LogP contribution in [0.25, 0.3) is 0 Å². The van der Waals surface area contributed by atoms with E-state index in [0.29, 0.717) is 56.0 Å². The van der Waals surface area contributed by atoms with Crippen molar-refractivity contribution < 1.29 is 19.1 Å². The molecule has 0 saturated carbocycles. The smallest absolute Gasteiger partial charge is 0.243 e. The number of hydrogen-bond acceptors (Lipinski definition) is 6. The molecule has 3 rings (SSSR count). The summed E-state index contributed by atoms with van der Waals surface area (Å²) in [5.74, 6) is 1.33. The summed E-state index contributed by atoms with van der Waals surface area (Å²) in [5, 5.41) is 9.17. The Morgan fingerprint density at radius 1 is 1.05 bits per heavy atom. The first kappa shape index (κ1) is 29.2. The third kappa shape index (κ3) is 8.05. The van der Waals surface area contributed by atoms with Crippen LogP contribution < -0.4 is 14.8 Å². The van der Waals surface area contributed by atoms with E-state index in [2.05, 4.69) is 49.9 Å². The van der Waals surface area contributed by atoms with Gasteiger partial charge in [0.05, 0.1) is 26.0 Å². The lowest BCUT2D eigenvalue weighted by atomic mass is 10.0. The maximum atomic E-state index is 12.6. The zero-order valence-corrected chi connectivity index (χ0v) is 23.6. The summed E-state index contributed by atoms with van der Waals surface area (Å²) in [7, 11) is 1.62. The monoisotopic (exact) mass is 522 g/mol. The van der Waals surface area contributed by atoms with Crippen LogP contribution in [-0.2, 0) is 16.1 Å². The topological polar surface area (TPSA) is 83.5 Å². The van der Waals surface area contributed by atoms with Gasteiger partial charge in [0.1, 0.15) is 0 Å². The Morgan fingerprint density at radius 3 is 2.39 bits per heavy atom. The molecule has 0 saturated heterocycles. The molecule has 0 bridgehead atoms. The predicted octanol–water partition coefficient (Wildman–Crippen LogP) is 5.46. The Hall–Kier alpha value is -3.39. The molecule has 2 amide bonds. The molecule has 0 unspecified atom stereocenters. The van der Waals surface area contributed by atoms with Gasteiger partial charge < -0.3 is 14.8 Å². The molecule has 2 aromatic carbocycles. The second kappa shape index (κ2) is 14.0. The Bertz CT molecular complexity index is 1100. The SMILES string of the molecule is CCCOc1cc(C2=NN(Cc3ccc(NC(=O)CCN(C(C)C)C(C)C)cc3)C(=O)CC2)ccc1OC. The maximum absolute atomic E-state index is 12.6. The van der Waals surface area contributed by atoms with Crippen LogP contribution in [0.3, 0.4) is 0 Å². The van der Waals surface area contributed by atoms with E-state index in [9.17, 15) is 9.59 Å². The maximum Gasteiger partial charge on any atom is 0.243 e. The van der Waals surface area contributed by atoms with Crippen LogP contribution in [0, 0.1) is 0 Å². The molecule has 1 aliphatic heterocycles. The van der Waals surface area contributed by atoms with Crippen molar-refractivity contribution in [1.82, 2.24) is 9.91 Å². The summed E-state index contributed by atoms with van der Waals surface area (Å²) in [5.41, 5.74) is 3.44. The fraction of sp³-hybridized carbons (Fsp3) is 0.500. The Kier molecular flexibility index (Phi) is 10.7. The molecule has 2 aromatic rings. The van der Waals surface area contributed by atoms with E-state index < -0.39 is 0 Å². The van der Waals surface area contributed by atoms with Crippen LogP contribution in [0.2, 0.25) is 0 Å². The quantitative estimate of drug-likeness (QED) is 0.378. The van der Waals surface area contributed by atoms with Crippen molar-refractivity contribution in [2.24, 2.45) is 5.10 Å².